The lowest BCUT2D eigenvalue weighted by molar-refractivity contribution is -0.131. The topological polar surface area (TPSA) is 83.1 Å². The molecule has 0 fully saturated rings. The first-order valence-corrected chi connectivity index (χ1v) is 8.87. The molecule has 148 valence electrons. The Morgan fingerprint density at radius 2 is 1.24 bits per heavy atom. The van der Waals surface area contributed by atoms with E-state index in [9.17, 15) is 9.59 Å². The second-order valence-corrected chi connectivity index (χ2v) is 7.01. The van der Waals surface area contributed by atoms with Crippen LogP contribution in [-0.2, 0) is 28.5 Å². The van der Waals surface area contributed by atoms with Crippen molar-refractivity contribution in [2.24, 2.45) is 11.3 Å². The Labute approximate surface area is 151 Å². The third kappa shape index (κ3) is 15.0. The first-order valence-electron chi connectivity index (χ1n) is 8.87. The van der Waals surface area contributed by atoms with Gasteiger partial charge in [-0.05, 0) is 0 Å². The van der Waals surface area contributed by atoms with Gasteiger partial charge in [-0.25, -0.2) is 0 Å². The van der Waals surface area contributed by atoms with Crippen molar-refractivity contribution < 1.29 is 28.5 Å². The molecule has 0 aliphatic rings. The van der Waals surface area contributed by atoms with Gasteiger partial charge in [0, 0.05) is 17.9 Å². The van der Waals surface area contributed by atoms with E-state index in [-0.39, 0.29) is 29.6 Å². The largest absolute Gasteiger partial charge is 0.377 e. The summed E-state index contributed by atoms with van der Waals surface area (Å²) < 4.78 is 21.3. The maximum Gasteiger partial charge on any atom is 0.222 e. The van der Waals surface area contributed by atoms with Crippen molar-refractivity contribution in [2.45, 2.75) is 34.6 Å². The minimum Gasteiger partial charge on any atom is -0.377 e. The van der Waals surface area contributed by atoms with Crippen LogP contribution < -0.4 is 5.32 Å². The van der Waals surface area contributed by atoms with Gasteiger partial charge < -0.3 is 24.3 Å². The van der Waals surface area contributed by atoms with Gasteiger partial charge in [0.15, 0.2) is 5.78 Å². The van der Waals surface area contributed by atoms with Crippen LogP contribution in [0.25, 0.3) is 0 Å². The summed E-state index contributed by atoms with van der Waals surface area (Å²) >= 11 is 0. The van der Waals surface area contributed by atoms with E-state index in [1.165, 1.54) is 0 Å². The second-order valence-electron chi connectivity index (χ2n) is 7.01. The zero-order chi connectivity index (χ0) is 19.1. The fourth-order valence-corrected chi connectivity index (χ4v) is 1.49. The number of hydrogen-bond acceptors (Lipinski definition) is 6. The Hall–Kier alpha value is -1.02. The van der Waals surface area contributed by atoms with Gasteiger partial charge in [-0.3, -0.25) is 9.59 Å². The molecular formula is C18H35NO6. The molecule has 1 N–H and O–H groups in total. The monoisotopic (exact) mass is 361 g/mol. The van der Waals surface area contributed by atoms with Gasteiger partial charge >= 0.3 is 0 Å². The maximum atomic E-state index is 11.6. The highest BCUT2D eigenvalue weighted by molar-refractivity contribution is 5.84. The number of ketones is 1. The van der Waals surface area contributed by atoms with Gasteiger partial charge in [0.1, 0.15) is 6.61 Å². The normalized spacial score (nSPS) is 11.8. The Bertz CT molecular complexity index is 365. The molecule has 0 atom stereocenters. The van der Waals surface area contributed by atoms with E-state index < -0.39 is 0 Å². The number of carbonyl (C=O) groups excluding carboxylic acids is 2. The van der Waals surface area contributed by atoms with E-state index in [4.69, 9.17) is 18.9 Å². The van der Waals surface area contributed by atoms with Crippen molar-refractivity contribution in [3.05, 3.63) is 0 Å². The van der Waals surface area contributed by atoms with Gasteiger partial charge in [-0.1, -0.05) is 34.6 Å². The second kappa shape index (κ2) is 14.2. The standard InChI is InChI=1S/C18H35NO6/c1-15(2)17(21)19-6-7-22-8-9-23-10-11-24-12-13-25-14-16(20)18(3,4)5/h15H,6-14H2,1-5H3,(H,19,21). The SMILES string of the molecule is CC(C)C(=O)NCCOCCOCCOCCOCC(=O)C(C)(C)C. The summed E-state index contributed by atoms with van der Waals surface area (Å²) in [6.07, 6.45) is 0. The third-order valence-corrected chi connectivity index (χ3v) is 3.26. The van der Waals surface area contributed by atoms with Gasteiger partial charge in [-0.2, -0.15) is 0 Å². The van der Waals surface area contributed by atoms with Gasteiger partial charge in [0.05, 0.1) is 46.2 Å². The van der Waals surface area contributed by atoms with E-state index in [1.807, 2.05) is 34.6 Å². The summed E-state index contributed by atoms with van der Waals surface area (Å²) in [4.78, 5) is 22.9. The molecule has 0 aromatic carbocycles. The van der Waals surface area contributed by atoms with Crippen LogP contribution in [0.15, 0.2) is 0 Å². The number of ether oxygens (including phenoxy) is 4. The van der Waals surface area contributed by atoms with E-state index in [2.05, 4.69) is 5.32 Å². The predicted molar refractivity (Wildman–Crippen MR) is 95.6 cm³/mol. The quantitative estimate of drug-likeness (QED) is 0.445. The Morgan fingerprint density at radius 1 is 0.800 bits per heavy atom. The molecule has 0 bridgehead atoms. The number of rotatable bonds is 15. The minimum absolute atomic E-state index is 0.00675. The van der Waals surface area contributed by atoms with Gasteiger partial charge in [0.2, 0.25) is 5.91 Å². The molecule has 7 heteroatoms. The average molecular weight is 361 g/mol. The summed E-state index contributed by atoms with van der Waals surface area (Å²) in [5, 5.41) is 2.78. The molecule has 0 aromatic rings. The van der Waals surface area contributed by atoms with Crippen molar-refractivity contribution in [3.8, 4) is 0 Å². The summed E-state index contributed by atoms with van der Waals surface area (Å²) in [5.74, 6) is 0.107. The lowest BCUT2D eigenvalue weighted by atomic mass is 9.91. The predicted octanol–water partition coefficient (Wildman–Crippen LogP) is 1.44. The van der Waals surface area contributed by atoms with E-state index in [0.717, 1.165) is 0 Å². The van der Waals surface area contributed by atoms with Crippen LogP contribution in [0.2, 0.25) is 0 Å². The first kappa shape index (κ1) is 24.0. The molecule has 25 heavy (non-hydrogen) atoms. The number of amides is 1. The summed E-state index contributed by atoms with van der Waals surface area (Å²) in [5.41, 5.74) is -0.364. The molecule has 0 aliphatic carbocycles. The number of Topliss-reactive ketones (excluding diaryl/α,β-unsaturated/α-hetero) is 1. The zero-order valence-electron chi connectivity index (χ0n) is 16.4. The molecule has 1 amide bonds. The van der Waals surface area contributed by atoms with Crippen molar-refractivity contribution >= 4 is 11.7 Å². The van der Waals surface area contributed by atoms with Gasteiger partial charge in [0.25, 0.3) is 0 Å². The van der Waals surface area contributed by atoms with Crippen molar-refractivity contribution in [1.29, 1.82) is 0 Å². The molecule has 0 unspecified atom stereocenters. The highest BCUT2D eigenvalue weighted by atomic mass is 16.6. The maximum absolute atomic E-state index is 11.6. The summed E-state index contributed by atoms with van der Waals surface area (Å²) in [7, 11) is 0. The first-order chi connectivity index (χ1) is 11.7. The molecule has 0 aromatic heterocycles. The van der Waals surface area contributed by atoms with Crippen LogP contribution in [0, 0.1) is 11.3 Å². The van der Waals surface area contributed by atoms with Crippen LogP contribution in [0.4, 0.5) is 0 Å². The Balaban J connectivity index is 3.22. The highest BCUT2D eigenvalue weighted by Crippen LogP contribution is 2.14. The number of carbonyl (C=O) groups is 2. The molecule has 0 saturated heterocycles. The van der Waals surface area contributed by atoms with Crippen molar-refractivity contribution in [3.63, 3.8) is 0 Å². The summed E-state index contributed by atoms with van der Waals surface area (Å²) in [6, 6.07) is 0. The molecule has 0 spiro atoms. The van der Waals surface area contributed by atoms with Crippen LogP contribution in [0.3, 0.4) is 0 Å². The zero-order valence-corrected chi connectivity index (χ0v) is 16.4. The molecule has 0 aliphatic heterocycles. The smallest absolute Gasteiger partial charge is 0.222 e. The van der Waals surface area contributed by atoms with E-state index in [1.54, 1.807) is 0 Å². The van der Waals surface area contributed by atoms with Gasteiger partial charge in [-0.15, -0.1) is 0 Å². The molecule has 7 nitrogen and oxygen atoms in total. The third-order valence-electron chi connectivity index (χ3n) is 3.26. The van der Waals surface area contributed by atoms with Crippen LogP contribution in [0.5, 0.6) is 0 Å². The minimum atomic E-state index is -0.364. The fourth-order valence-electron chi connectivity index (χ4n) is 1.49. The Morgan fingerprint density at radius 3 is 1.68 bits per heavy atom. The van der Waals surface area contributed by atoms with Crippen molar-refractivity contribution in [1.82, 2.24) is 5.32 Å². The molecule has 0 radical (unpaired) electrons. The summed E-state index contributed by atoms with van der Waals surface area (Å²) in [6.45, 7) is 13.2. The number of hydrogen-bond donors (Lipinski definition) is 1. The lowest BCUT2D eigenvalue weighted by Gasteiger charge is -2.16. The van der Waals surface area contributed by atoms with Crippen LogP contribution >= 0.6 is 0 Å². The highest BCUT2D eigenvalue weighted by Gasteiger charge is 2.20. The lowest BCUT2D eigenvalue weighted by Crippen LogP contribution is -2.31. The average Bonchev–Trinajstić information content (AvgIpc) is 2.53. The van der Waals surface area contributed by atoms with Crippen molar-refractivity contribution in [2.75, 3.05) is 59.4 Å². The molecule has 0 heterocycles. The molecular weight excluding hydrogens is 326 g/mol. The van der Waals surface area contributed by atoms with E-state index >= 15 is 0 Å². The Kier molecular flexibility index (Phi) is 13.6. The fraction of sp³-hybridized carbons (Fsp3) is 0.889. The van der Waals surface area contributed by atoms with Crippen LogP contribution in [-0.4, -0.2) is 71.1 Å². The van der Waals surface area contributed by atoms with E-state index in [0.29, 0.717) is 52.8 Å². The molecule has 0 rings (SSSR count). The number of nitrogens with one attached hydrogen (secondary N) is 1. The molecule has 0 saturated carbocycles. The van der Waals surface area contributed by atoms with Crippen LogP contribution in [0.1, 0.15) is 34.6 Å².